The van der Waals surface area contributed by atoms with Gasteiger partial charge in [-0.3, -0.25) is 4.98 Å². The van der Waals surface area contributed by atoms with Gasteiger partial charge in [0.15, 0.2) is 5.82 Å². The molecule has 0 atom stereocenters. The van der Waals surface area contributed by atoms with Crippen molar-refractivity contribution in [3.05, 3.63) is 36.3 Å². The quantitative estimate of drug-likeness (QED) is 0.712. The number of pyridine rings is 1. The number of aromatic nitrogens is 4. The van der Waals surface area contributed by atoms with Crippen LogP contribution in [0.5, 0.6) is 0 Å². The molecule has 0 aliphatic carbocycles. The molecule has 0 fully saturated rings. The molecule has 0 aromatic carbocycles. The van der Waals surface area contributed by atoms with E-state index in [9.17, 15) is 0 Å². The molecule has 0 bridgehead atoms. The van der Waals surface area contributed by atoms with E-state index in [1.54, 1.807) is 23.3 Å². The van der Waals surface area contributed by atoms with E-state index in [4.69, 9.17) is 5.73 Å². The maximum absolute atomic E-state index is 5.43. The molecule has 2 aromatic heterocycles. The van der Waals surface area contributed by atoms with Crippen molar-refractivity contribution < 1.29 is 0 Å². The summed E-state index contributed by atoms with van der Waals surface area (Å²) in [5.41, 5.74) is 6.55. The Balaban J connectivity index is 2.15. The molecule has 0 saturated carbocycles. The number of hydrogen-bond donors (Lipinski definition) is 1. The van der Waals surface area contributed by atoms with Crippen molar-refractivity contribution in [2.45, 2.75) is 6.54 Å². The lowest BCUT2D eigenvalue weighted by atomic mass is 10.3. The van der Waals surface area contributed by atoms with Crippen LogP contribution in [0.3, 0.4) is 0 Å². The van der Waals surface area contributed by atoms with Crippen LogP contribution < -0.4 is 5.73 Å². The summed E-state index contributed by atoms with van der Waals surface area (Å²) in [4.78, 5) is 3.92. The summed E-state index contributed by atoms with van der Waals surface area (Å²) in [5.74, 6) is 0.439. The number of nitrogens with zero attached hydrogens (tertiary/aromatic N) is 4. The maximum atomic E-state index is 5.43. The van der Waals surface area contributed by atoms with Gasteiger partial charge in [-0.05, 0) is 17.7 Å². The topological polar surface area (TPSA) is 69.6 Å². The van der Waals surface area contributed by atoms with Crippen LogP contribution in [-0.2, 0) is 6.54 Å². The van der Waals surface area contributed by atoms with Gasteiger partial charge in [-0.2, -0.15) is 0 Å². The third kappa shape index (κ3) is 1.81. The zero-order valence-corrected chi connectivity index (χ0v) is 6.96. The predicted octanol–water partition coefficient (Wildman–Crippen LogP) is 0.304. The zero-order valence-electron chi connectivity index (χ0n) is 6.96. The Labute approximate surface area is 75.2 Å². The highest BCUT2D eigenvalue weighted by Crippen LogP contribution is 2.00. The average molecular weight is 175 g/mol. The van der Waals surface area contributed by atoms with Crippen LogP contribution in [0, 0.1) is 0 Å². The van der Waals surface area contributed by atoms with E-state index in [1.807, 2.05) is 12.1 Å². The van der Waals surface area contributed by atoms with Gasteiger partial charge in [-0.15, -0.1) is 5.10 Å². The largest absolute Gasteiger partial charge is 0.381 e. The maximum Gasteiger partial charge on any atom is 0.165 e. The zero-order chi connectivity index (χ0) is 9.10. The molecule has 0 saturated heterocycles. The minimum absolute atomic E-state index is 0.439. The van der Waals surface area contributed by atoms with Crippen LogP contribution >= 0.6 is 0 Å². The second-order valence-electron chi connectivity index (χ2n) is 2.70. The molecular weight excluding hydrogens is 166 g/mol. The van der Waals surface area contributed by atoms with E-state index in [1.165, 1.54) is 0 Å². The standard InChI is InChI=1S/C8H9N5/c9-8-6-13(12-11-8)5-7-1-3-10-4-2-7/h1-4,6H,5,9H2. The van der Waals surface area contributed by atoms with Crippen molar-refractivity contribution in [3.63, 3.8) is 0 Å². The summed E-state index contributed by atoms with van der Waals surface area (Å²) in [6.45, 7) is 0.673. The molecule has 0 unspecified atom stereocenters. The number of nitrogens with two attached hydrogens (primary N) is 1. The average Bonchev–Trinajstić information content (AvgIpc) is 2.53. The van der Waals surface area contributed by atoms with Crippen molar-refractivity contribution in [2.75, 3.05) is 5.73 Å². The van der Waals surface area contributed by atoms with E-state index >= 15 is 0 Å². The highest BCUT2D eigenvalue weighted by molar-refractivity contribution is 5.20. The van der Waals surface area contributed by atoms with Crippen LogP contribution in [0.15, 0.2) is 30.7 Å². The van der Waals surface area contributed by atoms with Gasteiger partial charge in [0.25, 0.3) is 0 Å². The summed E-state index contributed by atoms with van der Waals surface area (Å²) in [6.07, 6.45) is 5.19. The minimum Gasteiger partial charge on any atom is -0.381 e. The first-order chi connectivity index (χ1) is 6.34. The van der Waals surface area contributed by atoms with Gasteiger partial charge in [-0.1, -0.05) is 5.21 Å². The van der Waals surface area contributed by atoms with Crippen LogP contribution in [0.1, 0.15) is 5.56 Å². The molecule has 2 heterocycles. The SMILES string of the molecule is Nc1cn(Cc2ccncc2)nn1. The van der Waals surface area contributed by atoms with E-state index < -0.39 is 0 Å². The molecule has 2 rings (SSSR count). The lowest BCUT2D eigenvalue weighted by Crippen LogP contribution is -2.00. The summed E-state index contributed by atoms with van der Waals surface area (Å²) >= 11 is 0. The number of hydrogen-bond acceptors (Lipinski definition) is 4. The van der Waals surface area contributed by atoms with Gasteiger partial charge in [0.05, 0.1) is 12.7 Å². The Morgan fingerprint density at radius 3 is 2.69 bits per heavy atom. The van der Waals surface area contributed by atoms with E-state index in [-0.39, 0.29) is 0 Å². The lowest BCUT2D eigenvalue weighted by molar-refractivity contribution is 0.649. The molecule has 66 valence electrons. The monoisotopic (exact) mass is 175 g/mol. The Morgan fingerprint density at radius 1 is 1.31 bits per heavy atom. The third-order valence-corrected chi connectivity index (χ3v) is 1.65. The second-order valence-corrected chi connectivity index (χ2v) is 2.70. The van der Waals surface area contributed by atoms with E-state index in [2.05, 4.69) is 15.3 Å². The summed E-state index contributed by atoms with van der Waals surface area (Å²) in [7, 11) is 0. The molecule has 0 aliphatic rings. The van der Waals surface area contributed by atoms with Gasteiger partial charge in [-0.25, -0.2) is 4.68 Å². The van der Waals surface area contributed by atoms with E-state index in [0.717, 1.165) is 5.56 Å². The molecule has 0 radical (unpaired) electrons. The summed E-state index contributed by atoms with van der Waals surface area (Å²) in [6, 6.07) is 3.86. The van der Waals surface area contributed by atoms with Crippen molar-refractivity contribution >= 4 is 5.82 Å². The molecule has 0 amide bonds. The van der Waals surface area contributed by atoms with Crippen molar-refractivity contribution in [2.24, 2.45) is 0 Å². The Morgan fingerprint density at radius 2 is 2.08 bits per heavy atom. The molecule has 5 nitrogen and oxygen atoms in total. The van der Waals surface area contributed by atoms with E-state index in [0.29, 0.717) is 12.4 Å². The van der Waals surface area contributed by atoms with Gasteiger partial charge < -0.3 is 5.73 Å². The number of anilines is 1. The van der Waals surface area contributed by atoms with Gasteiger partial charge in [0.2, 0.25) is 0 Å². The molecular formula is C8H9N5. The number of rotatable bonds is 2. The van der Waals surface area contributed by atoms with Crippen LogP contribution in [-0.4, -0.2) is 20.0 Å². The Kier molecular flexibility index (Phi) is 1.91. The normalized spacial score (nSPS) is 10.2. The van der Waals surface area contributed by atoms with Gasteiger partial charge in [0, 0.05) is 12.4 Å². The second kappa shape index (κ2) is 3.22. The third-order valence-electron chi connectivity index (χ3n) is 1.65. The molecule has 0 aliphatic heterocycles. The smallest absolute Gasteiger partial charge is 0.165 e. The summed E-state index contributed by atoms with van der Waals surface area (Å²) < 4.78 is 1.69. The molecule has 2 aromatic rings. The first kappa shape index (κ1) is 7.72. The lowest BCUT2D eigenvalue weighted by Gasteiger charge is -1.98. The highest BCUT2D eigenvalue weighted by Gasteiger charge is 1.96. The first-order valence-electron chi connectivity index (χ1n) is 3.89. The highest BCUT2D eigenvalue weighted by atomic mass is 15.4. The van der Waals surface area contributed by atoms with Gasteiger partial charge in [0.1, 0.15) is 0 Å². The minimum atomic E-state index is 0.439. The molecule has 2 N–H and O–H groups in total. The fraction of sp³-hybridized carbons (Fsp3) is 0.125. The molecule has 13 heavy (non-hydrogen) atoms. The molecule has 5 heteroatoms. The van der Waals surface area contributed by atoms with Crippen LogP contribution in [0.2, 0.25) is 0 Å². The fourth-order valence-corrected chi connectivity index (χ4v) is 1.07. The van der Waals surface area contributed by atoms with Gasteiger partial charge >= 0.3 is 0 Å². The number of nitrogen functional groups attached to an aromatic ring is 1. The summed E-state index contributed by atoms with van der Waals surface area (Å²) in [5, 5.41) is 7.52. The van der Waals surface area contributed by atoms with Crippen LogP contribution in [0.4, 0.5) is 5.82 Å². The Bertz CT molecular complexity index is 380. The van der Waals surface area contributed by atoms with Crippen molar-refractivity contribution in [1.82, 2.24) is 20.0 Å². The molecule has 0 spiro atoms. The predicted molar refractivity (Wildman–Crippen MR) is 47.8 cm³/mol. The van der Waals surface area contributed by atoms with Crippen molar-refractivity contribution in [1.29, 1.82) is 0 Å². The Hall–Kier alpha value is -1.91. The first-order valence-corrected chi connectivity index (χ1v) is 3.89. The fourth-order valence-electron chi connectivity index (χ4n) is 1.07. The van der Waals surface area contributed by atoms with Crippen molar-refractivity contribution in [3.8, 4) is 0 Å². The van der Waals surface area contributed by atoms with Crippen LogP contribution in [0.25, 0.3) is 0 Å².